The first-order valence-electron chi connectivity index (χ1n) is 6.51. The lowest BCUT2D eigenvalue weighted by atomic mass is 9.91. The molecule has 0 unspecified atom stereocenters. The molecular weight excluding hydrogens is 240 g/mol. The largest absolute Gasteiger partial charge is 0.312 e. The molecule has 1 saturated heterocycles. The molecule has 1 aromatic rings. The predicted molar refractivity (Wildman–Crippen MR) is 71.5 cm³/mol. The molecule has 2 rings (SSSR count). The number of amides is 1. The van der Waals surface area contributed by atoms with Crippen molar-refractivity contribution in [3.8, 4) is 6.07 Å². The predicted octanol–water partition coefficient (Wildman–Crippen LogP) is 2.28. The Hall–Kier alpha value is -2.15. The third kappa shape index (κ3) is 2.65. The maximum Gasteiger partial charge on any atom is 0.237 e. The highest BCUT2D eigenvalue weighted by molar-refractivity contribution is 6.08. The van der Waals surface area contributed by atoms with Gasteiger partial charge in [-0.25, -0.2) is 0 Å². The third-order valence-corrected chi connectivity index (χ3v) is 3.48. The van der Waals surface area contributed by atoms with Crippen molar-refractivity contribution in [3.05, 3.63) is 29.8 Å². The van der Waals surface area contributed by atoms with E-state index in [9.17, 15) is 9.59 Å². The van der Waals surface area contributed by atoms with Gasteiger partial charge in [0.15, 0.2) is 0 Å². The number of carbonyl (C=O) groups is 2. The zero-order valence-electron chi connectivity index (χ0n) is 10.9. The quantitative estimate of drug-likeness (QED) is 0.779. The molecule has 1 heterocycles. The van der Waals surface area contributed by atoms with Gasteiger partial charge in [-0.2, -0.15) is 5.26 Å². The summed E-state index contributed by atoms with van der Waals surface area (Å²) in [5.74, 6) is -0.583. The molecule has 4 heteroatoms. The van der Waals surface area contributed by atoms with Gasteiger partial charge in [0, 0.05) is 18.7 Å². The van der Waals surface area contributed by atoms with E-state index < -0.39 is 5.92 Å². The molecule has 1 aliphatic rings. The van der Waals surface area contributed by atoms with Gasteiger partial charge in [0.2, 0.25) is 5.91 Å². The molecule has 1 atom stereocenters. The summed E-state index contributed by atoms with van der Waals surface area (Å²) in [5, 5.41) is 8.76. The lowest BCUT2D eigenvalue weighted by molar-refractivity contribution is -0.133. The van der Waals surface area contributed by atoms with E-state index in [4.69, 9.17) is 5.26 Å². The van der Waals surface area contributed by atoms with Gasteiger partial charge in [-0.05, 0) is 37.1 Å². The molecule has 0 bridgehead atoms. The summed E-state index contributed by atoms with van der Waals surface area (Å²) < 4.78 is 0. The summed E-state index contributed by atoms with van der Waals surface area (Å²) in [6, 6.07) is 8.94. The number of piperidine rings is 1. The van der Waals surface area contributed by atoms with E-state index in [0.29, 0.717) is 24.9 Å². The average Bonchev–Trinajstić information content (AvgIpc) is 2.47. The fourth-order valence-electron chi connectivity index (χ4n) is 2.39. The number of nitriles is 1. The van der Waals surface area contributed by atoms with E-state index >= 15 is 0 Å². The smallest absolute Gasteiger partial charge is 0.237 e. The Bertz CT molecular complexity index is 528. The van der Waals surface area contributed by atoms with Crippen molar-refractivity contribution in [1.82, 2.24) is 0 Å². The van der Waals surface area contributed by atoms with Crippen LogP contribution in [0.4, 0.5) is 5.69 Å². The highest BCUT2D eigenvalue weighted by Gasteiger charge is 2.33. The van der Waals surface area contributed by atoms with Crippen molar-refractivity contribution >= 4 is 17.4 Å². The summed E-state index contributed by atoms with van der Waals surface area (Å²) in [5.41, 5.74) is 1.33. The van der Waals surface area contributed by atoms with Crippen molar-refractivity contribution in [2.45, 2.75) is 26.2 Å². The van der Waals surface area contributed by atoms with E-state index in [1.807, 2.05) is 6.07 Å². The molecular formula is C15H16N2O2. The molecule has 0 N–H and O–H groups in total. The van der Waals surface area contributed by atoms with Gasteiger partial charge >= 0.3 is 0 Å². The first-order chi connectivity index (χ1) is 9.17. The number of anilines is 1. The topological polar surface area (TPSA) is 61.2 Å². The number of hydrogen-bond acceptors (Lipinski definition) is 3. The maximum atomic E-state index is 12.3. The number of nitrogens with zero attached hydrogens (tertiary/aromatic N) is 2. The van der Waals surface area contributed by atoms with Crippen LogP contribution < -0.4 is 4.90 Å². The Kier molecular flexibility index (Phi) is 3.96. The van der Waals surface area contributed by atoms with Gasteiger partial charge in [0.25, 0.3) is 0 Å². The van der Waals surface area contributed by atoms with E-state index in [0.717, 1.165) is 12.1 Å². The summed E-state index contributed by atoms with van der Waals surface area (Å²) in [4.78, 5) is 25.7. The Morgan fingerprint density at radius 2 is 2.11 bits per heavy atom. The number of hydrogen-bond donors (Lipinski definition) is 0. The molecule has 1 fully saturated rings. The van der Waals surface area contributed by atoms with Gasteiger partial charge in [0.1, 0.15) is 5.78 Å². The summed E-state index contributed by atoms with van der Waals surface area (Å²) in [7, 11) is 0. The van der Waals surface area contributed by atoms with Crippen molar-refractivity contribution in [2.75, 3.05) is 11.4 Å². The molecule has 19 heavy (non-hydrogen) atoms. The van der Waals surface area contributed by atoms with E-state index in [-0.39, 0.29) is 11.7 Å². The van der Waals surface area contributed by atoms with E-state index in [2.05, 4.69) is 0 Å². The van der Waals surface area contributed by atoms with Gasteiger partial charge in [-0.3, -0.25) is 9.59 Å². The minimum Gasteiger partial charge on any atom is -0.312 e. The molecule has 98 valence electrons. The monoisotopic (exact) mass is 256 g/mol. The van der Waals surface area contributed by atoms with Gasteiger partial charge < -0.3 is 4.90 Å². The molecule has 0 radical (unpaired) electrons. The Labute approximate surface area is 112 Å². The first kappa shape index (κ1) is 13.3. The fourth-order valence-corrected chi connectivity index (χ4v) is 2.39. The number of Topliss-reactive ketones (excluding diaryl/α,β-unsaturated/α-hetero) is 1. The second-order valence-corrected chi connectivity index (χ2v) is 4.66. The standard InChI is InChI=1S/C15H16N2O2/c1-2-14(18)13-4-3-9-17(15(13)19)12-7-5-11(10-16)6-8-12/h5-8,13H,2-4,9H2,1H3/t13-/m0/s1. The molecule has 1 aliphatic heterocycles. The average molecular weight is 256 g/mol. The van der Waals surface area contributed by atoms with Gasteiger partial charge in [-0.1, -0.05) is 6.92 Å². The van der Waals surface area contributed by atoms with E-state index in [1.54, 1.807) is 36.1 Å². The summed E-state index contributed by atoms with van der Waals surface area (Å²) in [6.07, 6.45) is 1.89. The minimum absolute atomic E-state index is 0.0170. The minimum atomic E-state index is -0.491. The van der Waals surface area contributed by atoms with Crippen molar-refractivity contribution < 1.29 is 9.59 Å². The maximum absolute atomic E-state index is 12.3. The van der Waals surface area contributed by atoms with Crippen LogP contribution in [-0.2, 0) is 9.59 Å². The zero-order chi connectivity index (χ0) is 13.8. The van der Waals surface area contributed by atoms with Crippen LogP contribution in [0.2, 0.25) is 0 Å². The number of benzene rings is 1. The molecule has 0 aliphatic carbocycles. The van der Waals surface area contributed by atoms with Crippen LogP contribution in [-0.4, -0.2) is 18.2 Å². The van der Waals surface area contributed by atoms with Crippen molar-refractivity contribution in [1.29, 1.82) is 5.26 Å². The van der Waals surface area contributed by atoms with Crippen molar-refractivity contribution in [3.63, 3.8) is 0 Å². The molecule has 4 nitrogen and oxygen atoms in total. The summed E-state index contributed by atoms with van der Waals surface area (Å²) in [6.45, 7) is 2.43. The second kappa shape index (κ2) is 5.66. The lowest BCUT2D eigenvalue weighted by Crippen LogP contribution is -2.44. The molecule has 0 spiro atoms. The third-order valence-electron chi connectivity index (χ3n) is 3.48. The van der Waals surface area contributed by atoms with Crippen molar-refractivity contribution in [2.24, 2.45) is 5.92 Å². The van der Waals surface area contributed by atoms with Crippen LogP contribution >= 0.6 is 0 Å². The van der Waals surface area contributed by atoms with Crippen LogP contribution in [0.15, 0.2) is 24.3 Å². The number of ketones is 1. The Morgan fingerprint density at radius 1 is 1.42 bits per heavy atom. The van der Waals surface area contributed by atoms with Gasteiger partial charge in [0.05, 0.1) is 17.6 Å². The van der Waals surface area contributed by atoms with Crippen LogP contribution in [0, 0.1) is 17.2 Å². The first-order valence-corrected chi connectivity index (χ1v) is 6.51. The zero-order valence-corrected chi connectivity index (χ0v) is 10.9. The molecule has 1 amide bonds. The molecule has 1 aromatic carbocycles. The normalized spacial score (nSPS) is 19.1. The Balaban J connectivity index is 2.21. The van der Waals surface area contributed by atoms with Crippen LogP contribution in [0.3, 0.4) is 0 Å². The van der Waals surface area contributed by atoms with Crippen LogP contribution in [0.5, 0.6) is 0 Å². The highest BCUT2D eigenvalue weighted by atomic mass is 16.2. The second-order valence-electron chi connectivity index (χ2n) is 4.66. The summed E-state index contributed by atoms with van der Waals surface area (Å²) >= 11 is 0. The lowest BCUT2D eigenvalue weighted by Gasteiger charge is -2.31. The number of rotatable bonds is 3. The fraction of sp³-hybridized carbons (Fsp3) is 0.400. The SMILES string of the molecule is CCC(=O)[C@@H]1CCCN(c2ccc(C#N)cc2)C1=O. The highest BCUT2D eigenvalue weighted by Crippen LogP contribution is 2.25. The van der Waals surface area contributed by atoms with E-state index in [1.165, 1.54) is 0 Å². The van der Waals surface area contributed by atoms with Crippen LogP contribution in [0.1, 0.15) is 31.7 Å². The molecule has 0 aromatic heterocycles. The van der Waals surface area contributed by atoms with Crippen LogP contribution in [0.25, 0.3) is 0 Å². The number of carbonyl (C=O) groups excluding carboxylic acids is 2. The molecule has 0 saturated carbocycles. The van der Waals surface area contributed by atoms with Gasteiger partial charge in [-0.15, -0.1) is 0 Å². The Morgan fingerprint density at radius 3 is 2.68 bits per heavy atom.